The van der Waals surface area contributed by atoms with Crippen LogP contribution in [-0.2, 0) is 21.2 Å². The van der Waals surface area contributed by atoms with E-state index in [1.165, 1.54) is 19.2 Å². The van der Waals surface area contributed by atoms with Crippen LogP contribution in [0.15, 0.2) is 51.8 Å². The summed E-state index contributed by atoms with van der Waals surface area (Å²) in [6.45, 7) is 2.00. The Morgan fingerprint density at radius 1 is 1.17 bits per heavy atom. The Morgan fingerprint density at radius 3 is 2.46 bits per heavy atom. The van der Waals surface area contributed by atoms with E-state index in [1.54, 1.807) is 13.0 Å². The number of ether oxygens (including phenoxy) is 1. The number of carbonyl (C=O) groups is 1. The van der Waals surface area contributed by atoms with E-state index in [2.05, 4.69) is 25.4 Å². The molecule has 0 saturated heterocycles. The Morgan fingerprint density at radius 2 is 1.83 bits per heavy atom. The van der Waals surface area contributed by atoms with Gasteiger partial charge in [0, 0.05) is 11.0 Å². The molecule has 0 aliphatic carbocycles. The molecule has 0 aromatic heterocycles. The molecule has 0 atom stereocenters. The summed E-state index contributed by atoms with van der Waals surface area (Å²) >= 11 is 3.36. The molecule has 0 fully saturated rings. The Kier molecular flexibility index (Phi) is 6.15. The number of sulfonamides is 1. The highest BCUT2D eigenvalue weighted by Crippen LogP contribution is 2.17. The Hall–Kier alpha value is -1.70. The van der Waals surface area contributed by atoms with Crippen molar-refractivity contribution in [2.75, 3.05) is 13.7 Å². The van der Waals surface area contributed by atoms with Crippen molar-refractivity contribution in [2.24, 2.45) is 0 Å². The lowest BCUT2D eigenvalue weighted by Crippen LogP contribution is -2.26. The minimum Gasteiger partial charge on any atom is -0.465 e. The lowest BCUT2D eigenvalue weighted by atomic mass is 10.1. The third-order valence-corrected chi connectivity index (χ3v) is 5.53. The van der Waals surface area contributed by atoms with Gasteiger partial charge in [-0.05, 0) is 48.7 Å². The minimum atomic E-state index is -3.69. The van der Waals surface area contributed by atoms with Crippen molar-refractivity contribution in [3.63, 3.8) is 0 Å². The second-order valence-corrected chi connectivity index (χ2v) is 7.93. The molecule has 0 aliphatic rings. The first-order valence-corrected chi connectivity index (χ1v) is 9.54. The van der Waals surface area contributed by atoms with Crippen LogP contribution in [0.1, 0.15) is 21.5 Å². The molecule has 0 bridgehead atoms. The zero-order valence-corrected chi connectivity index (χ0v) is 15.8. The predicted octanol–water partition coefficient (Wildman–Crippen LogP) is 3.07. The van der Waals surface area contributed by atoms with Crippen LogP contribution in [0.4, 0.5) is 0 Å². The number of halogens is 1. The van der Waals surface area contributed by atoms with Gasteiger partial charge in [0.25, 0.3) is 0 Å². The third kappa shape index (κ3) is 4.66. The number of nitrogens with one attached hydrogen (secondary N) is 1. The summed E-state index contributed by atoms with van der Waals surface area (Å²) in [6, 6.07) is 12.1. The van der Waals surface area contributed by atoms with E-state index in [1.807, 2.05) is 24.3 Å². The fourth-order valence-corrected chi connectivity index (χ4v) is 3.48. The van der Waals surface area contributed by atoms with Crippen molar-refractivity contribution >= 4 is 31.9 Å². The van der Waals surface area contributed by atoms with E-state index >= 15 is 0 Å². The standard InChI is InChI=1S/C17H18BrNO4S/c1-12-3-8-15(11-16(12)17(20)23-2)24(21,22)19-10-9-13-4-6-14(18)7-5-13/h3-8,11,19H,9-10H2,1-2H3. The highest BCUT2D eigenvalue weighted by molar-refractivity contribution is 9.10. The van der Waals surface area contributed by atoms with Crippen molar-refractivity contribution in [3.05, 3.63) is 63.6 Å². The Bertz CT molecular complexity index is 832. The highest BCUT2D eigenvalue weighted by atomic mass is 79.9. The lowest BCUT2D eigenvalue weighted by Gasteiger charge is -2.10. The van der Waals surface area contributed by atoms with Crippen molar-refractivity contribution < 1.29 is 17.9 Å². The molecular weight excluding hydrogens is 394 g/mol. The van der Waals surface area contributed by atoms with Gasteiger partial charge in [-0.15, -0.1) is 0 Å². The van der Waals surface area contributed by atoms with E-state index < -0.39 is 16.0 Å². The van der Waals surface area contributed by atoms with Crippen LogP contribution in [0.5, 0.6) is 0 Å². The van der Waals surface area contributed by atoms with Crippen LogP contribution in [0.25, 0.3) is 0 Å². The largest absolute Gasteiger partial charge is 0.465 e. The van der Waals surface area contributed by atoms with Crippen LogP contribution in [-0.4, -0.2) is 28.0 Å². The SMILES string of the molecule is COC(=O)c1cc(S(=O)(=O)NCCc2ccc(Br)cc2)ccc1C. The van der Waals surface area contributed by atoms with Gasteiger partial charge in [0.05, 0.1) is 17.6 Å². The number of methoxy groups -OCH3 is 1. The maximum Gasteiger partial charge on any atom is 0.338 e. The summed E-state index contributed by atoms with van der Waals surface area (Å²) in [4.78, 5) is 11.7. The van der Waals surface area contributed by atoms with Gasteiger partial charge in [0.1, 0.15) is 0 Å². The van der Waals surface area contributed by atoms with Gasteiger partial charge in [-0.2, -0.15) is 0 Å². The summed E-state index contributed by atoms with van der Waals surface area (Å²) in [5, 5.41) is 0. The van der Waals surface area contributed by atoms with Crippen LogP contribution >= 0.6 is 15.9 Å². The molecular formula is C17H18BrNO4S. The van der Waals surface area contributed by atoms with E-state index in [0.29, 0.717) is 12.0 Å². The van der Waals surface area contributed by atoms with Crippen molar-refractivity contribution in [3.8, 4) is 0 Å². The fraction of sp³-hybridized carbons (Fsp3) is 0.235. The first kappa shape index (κ1) is 18.6. The van der Waals surface area contributed by atoms with Crippen LogP contribution in [0.2, 0.25) is 0 Å². The molecule has 1 N–H and O–H groups in total. The average molecular weight is 412 g/mol. The topological polar surface area (TPSA) is 72.5 Å². The molecule has 0 saturated carbocycles. The first-order chi connectivity index (χ1) is 11.3. The van der Waals surface area contributed by atoms with E-state index in [-0.39, 0.29) is 17.0 Å². The fourth-order valence-electron chi connectivity index (χ4n) is 2.16. The molecule has 2 aromatic carbocycles. The molecule has 7 heteroatoms. The summed E-state index contributed by atoms with van der Waals surface area (Å²) in [5.41, 5.74) is 1.93. The summed E-state index contributed by atoms with van der Waals surface area (Å²) < 4.78 is 33.0. The molecule has 2 aromatic rings. The maximum atomic E-state index is 12.4. The second kappa shape index (κ2) is 7.92. The van der Waals surface area contributed by atoms with Crippen molar-refractivity contribution in [1.29, 1.82) is 0 Å². The molecule has 2 rings (SSSR count). The average Bonchev–Trinajstić information content (AvgIpc) is 2.56. The third-order valence-electron chi connectivity index (χ3n) is 3.54. The number of rotatable bonds is 6. The van der Waals surface area contributed by atoms with E-state index in [9.17, 15) is 13.2 Å². The molecule has 24 heavy (non-hydrogen) atoms. The first-order valence-electron chi connectivity index (χ1n) is 7.26. The second-order valence-electron chi connectivity index (χ2n) is 5.24. The van der Waals surface area contributed by atoms with Crippen LogP contribution in [0.3, 0.4) is 0 Å². The van der Waals surface area contributed by atoms with Gasteiger partial charge >= 0.3 is 5.97 Å². The molecule has 0 heterocycles. The monoisotopic (exact) mass is 411 g/mol. The van der Waals surface area contributed by atoms with Gasteiger partial charge in [0.15, 0.2) is 0 Å². The Balaban J connectivity index is 2.09. The molecule has 0 unspecified atom stereocenters. The van der Waals surface area contributed by atoms with Crippen LogP contribution < -0.4 is 4.72 Å². The number of esters is 1. The molecule has 0 aliphatic heterocycles. The van der Waals surface area contributed by atoms with E-state index in [0.717, 1.165) is 10.0 Å². The zero-order valence-electron chi connectivity index (χ0n) is 13.4. The highest BCUT2D eigenvalue weighted by Gasteiger charge is 2.18. The van der Waals surface area contributed by atoms with E-state index in [4.69, 9.17) is 0 Å². The number of carbonyl (C=O) groups excluding carboxylic acids is 1. The number of aryl methyl sites for hydroxylation is 1. The normalized spacial score (nSPS) is 11.3. The van der Waals surface area contributed by atoms with Gasteiger partial charge in [0.2, 0.25) is 10.0 Å². The zero-order chi connectivity index (χ0) is 17.7. The molecule has 128 valence electrons. The van der Waals surface area contributed by atoms with Crippen LogP contribution in [0, 0.1) is 6.92 Å². The molecule has 0 radical (unpaired) electrons. The smallest absolute Gasteiger partial charge is 0.338 e. The molecule has 5 nitrogen and oxygen atoms in total. The van der Waals surface area contributed by atoms with Gasteiger partial charge < -0.3 is 4.74 Å². The van der Waals surface area contributed by atoms with Gasteiger partial charge in [-0.1, -0.05) is 34.1 Å². The predicted molar refractivity (Wildman–Crippen MR) is 95.6 cm³/mol. The molecule has 0 spiro atoms. The number of hydrogen-bond donors (Lipinski definition) is 1. The number of benzene rings is 2. The summed E-state index contributed by atoms with van der Waals surface area (Å²) in [7, 11) is -2.42. The van der Waals surface area contributed by atoms with Crippen molar-refractivity contribution in [1.82, 2.24) is 4.72 Å². The maximum absolute atomic E-state index is 12.4. The summed E-state index contributed by atoms with van der Waals surface area (Å²) in [5.74, 6) is -0.556. The van der Waals surface area contributed by atoms with Crippen molar-refractivity contribution in [2.45, 2.75) is 18.2 Å². The minimum absolute atomic E-state index is 0.0457. The van der Waals surface area contributed by atoms with Gasteiger partial charge in [-0.3, -0.25) is 0 Å². The lowest BCUT2D eigenvalue weighted by molar-refractivity contribution is 0.0599. The quantitative estimate of drug-likeness (QED) is 0.741. The number of hydrogen-bond acceptors (Lipinski definition) is 4. The molecule has 0 amide bonds. The summed E-state index contributed by atoms with van der Waals surface area (Å²) in [6.07, 6.45) is 0.572. The van der Waals surface area contributed by atoms with Gasteiger partial charge in [-0.25, -0.2) is 17.9 Å². The Labute approximate surface area is 150 Å².